The summed E-state index contributed by atoms with van der Waals surface area (Å²) in [5.41, 5.74) is 0. The molecule has 2 unspecified atom stereocenters. The van der Waals surface area contributed by atoms with E-state index in [2.05, 4.69) is 5.32 Å². The van der Waals surface area contributed by atoms with Crippen molar-refractivity contribution in [3.63, 3.8) is 0 Å². The summed E-state index contributed by atoms with van der Waals surface area (Å²) in [7, 11) is 1.61. The van der Waals surface area contributed by atoms with Crippen molar-refractivity contribution < 1.29 is 19.4 Å². The lowest BCUT2D eigenvalue weighted by atomic mass is 10.2. The second kappa shape index (κ2) is 8.42. The summed E-state index contributed by atoms with van der Waals surface area (Å²) >= 11 is 0. The van der Waals surface area contributed by atoms with E-state index in [9.17, 15) is 4.79 Å². The van der Waals surface area contributed by atoms with Gasteiger partial charge in [0.2, 0.25) is 5.91 Å². The molecule has 2 atom stereocenters. The molecule has 1 rings (SSSR count). The maximum absolute atomic E-state index is 12.1. The maximum atomic E-state index is 12.1. The van der Waals surface area contributed by atoms with Gasteiger partial charge in [0.05, 0.1) is 25.9 Å². The number of amides is 1. The monoisotopic (exact) mass is 260 g/mol. The standard InChI is InChI=1S/C12H24N2O4/c1-10(13-11(3-6-15)9-17-2)12(16)14-4-7-18-8-5-14/h10-11,13,15H,3-9H2,1-2H3. The van der Waals surface area contributed by atoms with Gasteiger partial charge in [0.15, 0.2) is 0 Å². The highest BCUT2D eigenvalue weighted by Gasteiger charge is 2.24. The van der Waals surface area contributed by atoms with Gasteiger partial charge in [0, 0.05) is 32.8 Å². The number of aliphatic hydroxyl groups excluding tert-OH is 1. The normalized spacial score (nSPS) is 19.6. The Balaban J connectivity index is 2.40. The molecular formula is C12H24N2O4. The van der Waals surface area contributed by atoms with E-state index in [4.69, 9.17) is 14.6 Å². The van der Waals surface area contributed by atoms with Gasteiger partial charge in [0.25, 0.3) is 0 Å². The summed E-state index contributed by atoms with van der Waals surface area (Å²) in [6.07, 6.45) is 0.578. The van der Waals surface area contributed by atoms with Gasteiger partial charge in [-0.05, 0) is 13.3 Å². The summed E-state index contributed by atoms with van der Waals surface area (Å²) in [4.78, 5) is 14.0. The third-order valence-electron chi connectivity index (χ3n) is 3.02. The second-order valence-electron chi connectivity index (χ2n) is 4.49. The predicted octanol–water partition coefficient (Wildman–Crippen LogP) is -0.779. The molecule has 0 aromatic rings. The fourth-order valence-corrected chi connectivity index (χ4v) is 2.05. The summed E-state index contributed by atoms with van der Waals surface area (Å²) in [6, 6.07) is -0.269. The lowest BCUT2D eigenvalue weighted by molar-refractivity contribution is -0.137. The third-order valence-corrected chi connectivity index (χ3v) is 3.02. The zero-order chi connectivity index (χ0) is 13.4. The molecule has 6 nitrogen and oxygen atoms in total. The molecule has 1 aliphatic rings. The molecule has 0 bridgehead atoms. The average Bonchev–Trinajstić information content (AvgIpc) is 2.39. The summed E-state index contributed by atoms with van der Waals surface area (Å²) < 4.78 is 10.3. The van der Waals surface area contributed by atoms with Crippen LogP contribution in [0.4, 0.5) is 0 Å². The summed E-state index contributed by atoms with van der Waals surface area (Å²) in [6.45, 7) is 4.94. The van der Waals surface area contributed by atoms with Crippen molar-refractivity contribution in [1.29, 1.82) is 0 Å². The van der Waals surface area contributed by atoms with Crippen molar-refractivity contribution in [3.8, 4) is 0 Å². The number of morpholine rings is 1. The predicted molar refractivity (Wildman–Crippen MR) is 67.4 cm³/mol. The Hall–Kier alpha value is -0.690. The summed E-state index contributed by atoms with van der Waals surface area (Å²) in [5, 5.41) is 12.2. The molecule has 0 radical (unpaired) electrons. The first-order valence-corrected chi connectivity index (χ1v) is 6.41. The Kier molecular flexibility index (Phi) is 7.19. The number of aliphatic hydroxyl groups is 1. The fraction of sp³-hybridized carbons (Fsp3) is 0.917. The van der Waals surface area contributed by atoms with E-state index in [0.717, 1.165) is 0 Å². The third kappa shape index (κ3) is 4.89. The van der Waals surface area contributed by atoms with Gasteiger partial charge in [-0.1, -0.05) is 0 Å². The molecule has 1 fully saturated rings. The van der Waals surface area contributed by atoms with Crippen molar-refractivity contribution in [2.75, 3.05) is 46.6 Å². The Bertz CT molecular complexity index is 238. The van der Waals surface area contributed by atoms with E-state index in [0.29, 0.717) is 39.3 Å². The Morgan fingerprint density at radius 1 is 1.50 bits per heavy atom. The van der Waals surface area contributed by atoms with Crippen LogP contribution in [0.1, 0.15) is 13.3 Å². The first-order valence-electron chi connectivity index (χ1n) is 6.41. The van der Waals surface area contributed by atoms with Crippen molar-refractivity contribution in [2.24, 2.45) is 0 Å². The van der Waals surface area contributed by atoms with E-state index in [1.165, 1.54) is 0 Å². The van der Waals surface area contributed by atoms with Gasteiger partial charge in [-0.15, -0.1) is 0 Å². The highest BCUT2D eigenvalue weighted by molar-refractivity contribution is 5.81. The van der Waals surface area contributed by atoms with Gasteiger partial charge >= 0.3 is 0 Å². The molecule has 18 heavy (non-hydrogen) atoms. The molecule has 0 spiro atoms. The van der Waals surface area contributed by atoms with Crippen LogP contribution < -0.4 is 5.32 Å². The number of rotatable bonds is 7. The number of nitrogens with one attached hydrogen (secondary N) is 1. The van der Waals surface area contributed by atoms with Gasteiger partial charge in [-0.3, -0.25) is 4.79 Å². The van der Waals surface area contributed by atoms with Crippen LogP contribution in [0.5, 0.6) is 0 Å². The Morgan fingerprint density at radius 3 is 2.72 bits per heavy atom. The van der Waals surface area contributed by atoms with Gasteiger partial charge in [-0.25, -0.2) is 0 Å². The first kappa shape index (κ1) is 15.4. The van der Waals surface area contributed by atoms with E-state index < -0.39 is 0 Å². The van der Waals surface area contributed by atoms with Crippen LogP contribution in [0.25, 0.3) is 0 Å². The lowest BCUT2D eigenvalue weighted by Gasteiger charge is -2.31. The van der Waals surface area contributed by atoms with Crippen molar-refractivity contribution >= 4 is 5.91 Å². The number of hydrogen-bond acceptors (Lipinski definition) is 5. The SMILES string of the molecule is COCC(CCO)NC(C)C(=O)N1CCOCC1. The van der Waals surface area contributed by atoms with Crippen LogP contribution in [-0.2, 0) is 14.3 Å². The molecule has 6 heteroatoms. The van der Waals surface area contributed by atoms with E-state index in [1.54, 1.807) is 7.11 Å². The molecule has 1 heterocycles. The van der Waals surface area contributed by atoms with E-state index in [1.807, 2.05) is 11.8 Å². The molecule has 0 saturated carbocycles. The van der Waals surface area contributed by atoms with Crippen molar-refractivity contribution in [2.45, 2.75) is 25.4 Å². The minimum atomic E-state index is -0.269. The molecule has 0 aromatic carbocycles. The molecule has 106 valence electrons. The fourth-order valence-electron chi connectivity index (χ4n) is 2.05. The highest BCUT2D eigenvalue weighted by Crippen LogP contribution is 2.02. The Labute approximate surface area is 108 Å². The second-order valence-corrected chi connectivity index (χ2v) is 4.49. The smallest absolute Gasteiger partial charge is 0.239 e. The number of hydrogen-bond donors (Lipinski definition) is 2. The highest BCUT2D eigenvalue weighted by atomic mass is 16.5. The zero-order valence-corrected chi connectivity index (χ0v) is 11.2. The van der Waals surface area contributed by atoms with Gasteiger partial charge in [-0.2, -0.15) is 0 Å². The van der Waals surface area contributed by atoms with Crippen LogP contribution in [0.3, 0.4) is 0 Å². The number of methoxy groups -OCH3 is 1. The molecule has 0 aromatic heterocycles. The molecule has 2 N–H and O–H groups in total. The molecular weight excluding hydrogens is 236 g/mol. The van der Waals surface area contributed by atoms with E-state index >= 15 is 0 Å². The van der Waals surface area contributed by atoms with Crippen molar-refractivity contribution in [3.05, 3.63) is 0 Å². The molecule has 0 aliphatic carbocycles. The van der Waals surface area contributed by atoms with Gasteiger partial charge < -0.3 is 24.8 Å². The summed E-state index contributed by atoms with van der Waals surface area (Å²) in [5.74, 6) is 0.0809. The van der Waals surface area contributed by atoms with Crippen LogP contribution in [-0.4, -0.2) is 74.6 Å². The number of nitrogens with zero attached hydrogens (tertiary/aromatic N) is 1. The van der Waals surface area contributed by atoms with Crippen LogP contribution in [0, 0.1) is 0 Å². The lowest BCUT2D eigenvalue weighted by Crippen LogP contribution is -2.52. The number of carbonyl (C=O) groups excluding carboxylic acids is 1. The quantitative estimate of drug-likeness (QED) is 0.628. The van der Waals surface area contributed by atoms with E-state index in [-0.39, 0.29) is 24.6 Å². The molecule has 1 amide bonds. The minimum Gasteiger partial charge on any atom is -0.396 e. The topological polar surface area (TPSA) is 71.0 Å². The average molecular weight is 260 g/mol. The van der Waals surface area contributed by atoms with Crippen LogP contribution in [0.15, 0.2) is 0 Å². The molecule has 1 aliphatic heterocycles. The molecule has 1 saturated heterocycles. The Morgan fingerprint density at radius 2 is 2.17 bits per heavy atom. The van der Waals surface area contributed by atoms with Crippen LogP contribution >= 0.6 is 0 Å². The number of ether oxygens (including phenoxy) is 2. The number of carbonyl (C=O) groups is 1. The van der Waals surface area contributed by atoms with Crippen molar-refractivity contribution in [1.82, 2.24) is 10.2 Å². The van der Waals surface area contributed by atoms with Crippen LogP contribution in [0.2, 0.25) is 0 Å². The maximum Gasteiger partial charge on any atom is 0.239 e. The minimum absolute atomic E-state index is 0.00000874. The first-order chi connectivity index (χ1) is 8.69. The van der Waals surface area contributed by atoms with Gasteiger partial charge in [0.1, 0.15) is 0 Å². The zero-order valence-electron chi connectivity index (χ0n) is 11.2. The largest absolute Gasteiger partial charge is 0.396 e.